The molecule has 2 amide bonds. The van der Waals surface area contributed by atoms with Gasteiger partial charge >= 0.3 is 5.97 Å². The van der Waals surface area contributed by atoms with Crippen molar-refractivity contribution in [2.45, 2.75) is 37.8 Å². The number of nitrogens with one attached hydrogen (secondary N) is 2. The predicted molar refractivity (Wildman–Crippen MR) is 88.9 cm³/mol. The molecule has 7 N–H and O–H groups in total. The molecule has 0 unspecified atom stereocenters. The molecule has 2 atom stereocenters. The summed E-state index contributed by atoms with van der Waals surface area (Å²) in [5.74, 6) is -2.23. The van der Waals surface area contributed by atoms with E-state index < -0.39 is 29.9 Å². The molecule has 1 aliphatic heterocycles. The molecule has 1 radical (unpaired) electrons. The Balaban J connectivity index is 0.00000576. The number of carboxylic acid groups (broad SMARTS) is 1. The number of unbranched alkanes of at least 4 members (excludes halogenated alkanes) is 1. The van der Waals surface area contributed by atoms with Gasteiger partial charge in [0, 0.05) is 29.2 Å². The molecule has 0 spiro atoms. The molecule has 0 aromatic heterocycles. The Kier molecular flexibility index (Phi) is 11.6. The van der Waals surface area contributed by atoms with Gasteiger partial charge in [-0.1, -0.05) is 0 Å². The minimum atomic E-state index is -1.13. The fraction of sp³-hybridized carbons (Fsp3) is 0.643. The van der Waals surface area contributed by atoms with Crippen molar-refractivity contribution >= 4 is 29.8 Å². The Labute approximate surface area is 156 Å². The molecule has 0 fully saturated rings. The maximum atomic E-state index is 12.4. The summed E-state index contributed by atoms with van der Waals surface area (Å²) in [5.41, 5.74) is 11.3. The number of carboxylic acids is 1. The zero-order valence-corrected chi connectivity index (χ0v) is 14.6. The monoisotopic (exact) mass is 403 g/mol. The molecular weight excluding hydrogens is 380 g/mol. The van der Waals surface area contributed by atoms with Crippen molar-refractivity contribution in [3.8, 4) is 0 Å². The molecule has 0 aromatic carbocycles. The second-order valence-electron chi connectivity index (χ2n) is 5.36. The zero-order valence-electron chi connectivity index (χ0n) is 13.7. The smallest absolute Gasteiger partial charge is 0.326 e. The van der Waals surface area contributed by atoms with Crippen molar-refractivity contribution in [1.82, 2.24) is 10.6 Å². The Morgan fingerprint density at radius 2 is 1.92 bits per heavy atom. The number of aliphatic carboxylic acids is 1. The predicted octanol–water partition coefficient (Wildman–Crippen LogP) is -2.00. The van der Waals surface area contributed by atoms with Crippen LogP contribution in [0.15, 0.2) is 9.98 Å². The first-order valence-electron chi connectivity index (χ1n) is 7.74. The number of hydrogen-bond donors (Lipinski definition) is 5. The van der Waals surface area contributed by atoms with E-state index in [1.165, 1.54) is 6.34 Å². The standard InChI is InChI=1S/C14H24N6O4.Cu/c15-4-2-1-3-10(14(23)24)20-13(22)11(19-12(21)6-16)5-9-7-17-8-18-9;/h8,10-11H,1-7,15-16H2,(H,19,21)(H,20,22)(H,23,24);/t10-,11-;/m0./s1. The van der Waals surface area contributed by atoms with Gasteiger partial charge in [-0.2, -0.15) is 0 Å². The summed E-state index contributed by atoms with van der Waals surface area (Å²) in [4.78, 5) is 43.1. The van der Waals surface area contributed by atoms with E-state index in [9.17, 15) is 19.5 Å². The summed E-state index contributed by atoms with van der Waals surface area (Å²) in [6.45, 7) is 0.530. The fourth-order valence-electron chi connectivity index (χ4n) is 2.15. The molecular formula is C14H24CuN6O4. The maximum absolute atomic E-state index is 12.4. The molecule has 145 valence electrons. The van der Waals surface area contributed by atoms with Crippen LogP contribution in [0.4, 0.5) is 0 Å². The van der Waals surface area contributed by atoms with E-state index in [0.29, 0.717) is 31.6 Å². The van der Waals surface area contributed by atoms with Gasteiger partial charge in [0.05, 0.1) is 13.1 Å². The molecule has 10 nitrogen and oxygen atoms in total. The van der Waals surface area contributed by atoms with Crippen LogP contribution in [0.3, 0.4) is 0 Å². The van der Waals surface area contributed by atoms with Crippen molar-refractivity contribution in [3.05, 3.63) is 0 Å². The van der Waals surface area contributed by atoms with Crippen molar-refractivity contribution in [1.29, 1.82) is 0 Å². The quantitative estimate of drug-likeness (QED) is 0.197. The Morgan fingerprint density at radius 1 is 1.20 bits per heavy atom. The third-order valence-corrected chi connectivity index (χ3v) is 3.43. The topological polar surface area (TPSA) is 172 Å². The Hall–Kier alpha value is -1.81. The molecule has 0 bridgehead atoms. The minimum absolute atomic E-state index is 0. The molecule has 11 heteroatoms. The van der Waals surface area contributed by atoms with E-state index in [-0.39, 0.29) is 36.5 Å². The van der Waals surface area contributed by atoms with E-state index in [2.05, 4.69) is 20.6 Å². The first-order valence-corrected chi connectivity index (χ1v) is 7.74. The van der Waals surface area contributed by atoms with Gasteiger partial charge in [-0.05, 0) is 25.8 Å². The van der Waals surface area contributed by atoms with Crippen LogP contribution in [0.25, 0.3) is 0 Å². The van der Waals surface area contributed by atoms with E-state index in [1.54, 1.807) is 0 Å². The van der Waals surface area contributed by atoms with Crippen molar-refractivity contribution in [2.75, 3.05) is 19.6 Å². The number of aliphatic imine (C=N–C) groups is 2. The summed E-state index contributed by atoms with van der Waals surface area (Å²) >= 11 is 0. The van der Waals surface area contributed by atoms with Crippen LogP contribution < -0.4 is 22.1 Å². The van der Waals surface area contributed by atoms with Gasteiger partial charge < -0.3 is 27.2 Å². The third-order valence-electron chi connectivity index (χ3n) is 3.43. The number of hydrogen-bond acceptors (Lipinski definition) is 7. The number of nitrogens with zero attached hydrogens (tertiary/aromatic N) is 2. The molecule has 0 saturated carbocycles. The maximum Gasteiger partial charge on any atom is 0.326 e. The number of amides is 2. The first-order chi connectivity index (χ1) is 11.5. The van der Waals surface area contributed by atoms with E-state index >= 15 is 0 Å². The summed E-state index contributed by atoms with van der Waals surface area (Å²) < 4.78 is 0. The molecule has 0 aliphatic carbocycles. The molecule has 0 aromatic rings. The number of carbonyl (C=O) groups excluding carboxylic acids is 2. The molecule has 25 heavy (non-hydrogen) atoms. The number of rotatable bonds is 11. The van der Waals surface area contributed by atoms with Gasteiger partial charge in [0.25, 0.3) is 0 Å². The van der Waals surface area contributed by atoms with Crippen LogP contribution in [0.2, 0.25) is 0 Å². The van der Waals surface area contributed by atoms with Gasteiger partial charge in [0.2, 0.25) is 11.8 Å². The average molecular weight is 404 g/mol. The van der Waals surface area contributed by atoms with Crippen LogP contribution in [0.5, 0.6) is 0 Å². The van der Waals surface area contributed by atoms with Crippen molar-refractivity contribution in [3.63, 3.8) is 0 Å². The molecule has 1 aliphatic rings. The van der Waals surface area contributed by atoms with Gasteiger partial charge in [0.15, 0.2) is 0 Å². The number of nitrogens with two attached hydrogens (primary N) is 2. The summed E-state index contributed by atoms with van der Waals surface area (Å²) in [6, 6.07) is -1.99. The van der Waals surface area contributed by atoms with E-state index in [4.69, 9.17) is 11.5 Å². The second kappa shape index (κ2) is 12.5. The van der Waals surface area contributed by atoms with Crippen LogP contribution in [0.1, 0.15) is 25.7 Å². The molecule has 0 saturated heterocycles. The SMILES string of the molecule is NCCCC[C@H](NC(=O)[C@H](CC1=NC=NC1)NC(=O)CN)C(=O)O.[Cu]. The van der Waals surface area contributed by atoms with E-state index in [0.717, 1.165) is 0 Å². The van der Waals surface area contributed by atoms with Crippen LogP contribution in [-0.2, 0) is 31.5 Å². The van der Waals surface area contributed by atoms with Gasteiger partial charge in [-0.15, -0.1) is 0 Å². The second-order valence-corrected chi connectivity index (χ2v) is 5.36. The summed E-state index contributed by atoms with van der Waals surface area (Å²) in [5, 5.41) is 14.1. The van der Waals surface area contributed by atoms with Gasteiger partial charge in [0.1, 0.15) is 18.4 Å². The van der Waals surface area contributed by atoms with Crippen LogP contribution >= 0.6 is 0 Å². The van der Waals surface area contributed by atoms with Crippen LogP contribution in [0, 0.1) is 0 Å². The minimum Gasteiger partial charge on any atom is -0.480 e. The summed E-state index contributed by atoms with van der Waals surface area (Å²) in [6.07, 6.45) is 3.03. The largest absolute Gasteiger partial charge is 0.480 e. The average Bonchev–Trinajstić information content (AvgIpc) is 3.06. The third kappa shape index (κ3) is 8.73. The van der Waals surface area contributed by atoms with Crippen LogP contribution in [-0.4, -0.2) is 66.7 Å². The normalized spacial score (nSPS) is 14.9. The Bertz CT molecular complexity index is 525. The molecule has 1 rings (SSSR count). The Morgan fingerprint density at radius 3 is 2.44 bits per heavy atom. The zero-order chi connectivity index (χ0) is 17.9. The number of carbonyl (C=O) groups is 3. The molecule has 1 heterocycles. The van der Waals surface area contributed by atoms with Crippen molar-refractivity contribution in [2.24, 2.45) is 21.5 Å². The van der Waals surface area contributed by atoms with E-state index in [1.807, 2.05) is 0 Å². The van der Waals surface area contributed by atoms with Gasteiger partial charge in [-0.25, -0.2) is 9.79 Å². The van der Waals surface area contributed by atoms with Gasteiger partial charge in [-0.3, -0.25) is 14.6 Å². The van der Waals surface area contributed by atoms with Crippen molar-refractivity contribution < 1.29 is 36.6 Å². The first kappa shape index (κ1) is 23.2. The fourth-order valence-corrected chi connectivity index (χ4v) is 2.15. The summed E-state index contributed by atoms with van der Waals surface area (Å²) in [7, 11) is 0.